The van der Waals surface area contributed by atoms with Crippen LogP contribution in [0.15, 0.2) is 0 Å². The molecule has 0 aliphatic carbocycles. The van der Waals surface area contributed by atoms with Crippen molar-refractivity contribution in [2.75, 3.05) is 19.6 Å². The third kappa shape index (κ3) is 3.82. The maximum atomic E-state index is 13.4. The smallest absolute Gasteiger partial charge is 0.239 e. The monoisotopic (exact) mass is 346 g/mol. The molecule has 2 aliphatic heterocycles. The number of carbonyl (C=O) groups is 1. The van der Waals surface area contributed by atoms with Gasteiger partial charge in [0.1, 0.15) is 17.6 Å². The van der Waals surface area contributed by atoms with E-state index in [0.29, 0.717) is 13.0 Å². The van der Waals surface area contributed by atoms with Gasteiger partial charge in [-0.2, -0.15) is 5.26 Å². The van der Waals surface area contributed by atoms with E-state index in [1.54, 1.807) is 18.9 Å². The van der Waals surface area contributed by atoms with Gasteiger partial charge in [0, 0.05) is 13.0 Å². The summed E-state index contributed by atoms with van der Waals surface area (Å²) in [6.45, 7) is 3.61. The van der Waals surface area contributed by atoms with Gasteiger partial charge in [0.25, 0.3) is 0 Å². The zero-order chi connectivity index (χ0) is 17.2. The lowest BCUT2D eigenvalue weighted by Gasteiger charge is -2.27. The summed E-state index contributed by atoms with van der Waals surface area (Å²) < 4.78 is 38.0. The van der Waals surface area contributed by atoms with Gasteiger partial charge in [-0.1, -0.05) is 0 Å². The van der Waals surface area contributed by atoms with Gasteiger partial charge < -0.3 is 4.90 Å². The van der Waals surface area contributed by atoms with Crippen LogP contribution < -0.4 is 5.43 Å². The number of alkyl halides is 1. The number of nitriles is 1. The van der Waals surface area contributed by atoms with Crippen molar-refractivity contribution in [3.63, 3.8) is 0 Å². The van der Waals surface area contributed by atoms with E-state index in [0.717, 1.165) is 6.42 Å². The first-order chi connectivity index (χ1) is 10.8. The molecule has 3 atom stereocenters. The van der Waals surface area contributed by atoms with E-state index in [2.05, 4.69) is 5.43 Å². The second kappa shape index (κ2) is 7.11. The quantitative estimate of drug-likeness (QED) is 0.764. The number of hydrazine groups is 1. The zero-order valence-electron chi connectivity index (χ0n) is 13.4. The summed E-state index contributed by atoms with van der Waals surface area (Å²) in [6.07, 6.45) is 0.119. The van der Waals surface area contributed by atoms with Gasteiger partial charge in [-0.3, -0.25) is 4.79 Å². The molecule has 2 heterocycles. The van der Waals surface area contributed by atoms with Crippen LogP contribution in [0.5, 0.6) is 0 Å². The SMILES string of the molecule is CC(C)S(=O)(=O)[C@@H]1CCCN1NCC(=O)N1C[C@@H](F)C[C@H]1C#N. The van der Waals surface area contributed by atoms with E-state index < -0.39 is 32.7 Å². The molecule has 23 heavy (non-hydrogen) atoms. The highest BCUT2D eigenvalue weighted by Gasteiger charge is 2.39. The molecule has 130 valence electrons. The summed E-state index contributed by atoms with van der Waals surface area (Å²) in [5.74, 6) is -0.385. The largest absolute Gasteiger partial charge is 0.322 e. The Morgan fingerprint density at radius 1 is 1.48 bits per heavy atom. The Bertz CT molecular complexity index is 589. The third-order valence-electron chi connectivity index (χ3n) is 4.39. The van der Waals surface area contributed by atoms with E-state index in [4.69, 9.17) is 5.26 Å². The molecule has 0 saturated carbocycles. The molecule has 9 heteroatoms. The summed E-state index contributed by atoms with van der Waals surface area (Å²) in [7, 11) is -3.29. The van der Waals surface area contributed by atoms with Crippen LogP contribution in [0.3, 0.4) is 0 Å². The minimum absolute atomic E-state index is 0.0380. The van der Waals surface area contributed by atoms with Crippen LogP contribution in [0.4, 0.5) is 4.39 Å². The number of nitrogens with one attached hydrogen (secondary N) is 1. The summed E-state index contributed by atoms with van der Waals surface area (Å²) in [5.41, 5.74) is 2.86. The maximum absolute atomic E-state index is 13.4. The molecule has 0 radical (unpaired) electrons. The van der Waals surface area contributed by atoms with Crippen LogP contribution in [-0.4, -0.2) is 66.7 Å². The van der Waals surface area contributed by atoms with Crippen LogP contribution in [0.1, 0.15) is 33.1 Å². The lowest BCUT2D eigenvalue weighted by atomic mass is 10.2. The first-order valence-corrected chi connectivity index (χ1v) is 9.44. The van der Waals surface area contributed by atoms with E-state index in [1.807, 2.05) is 6.07 Å². The minimum atomic E-state index is -3.29. The molecule has 1 N–H and O–H groups in total. The van der Waals surface area contributed by atoms with Crippen molar-refractivity contribution >= 4 is 15.7 Å². The molecule has 0 aromatic heterocycles. The normalized spacial score (nSPS) is 29.2. The first-order valence-electron chi connectivity index (χ1n) is 7.83. The van der Waals surface area contributed by atoms with Gasteiger partial charge >= 0.3 is 0 Å². The molecule has 0 aromatic rings. The highest BCUT2D eigenvalue weighted by molar-refractivity contribution is 7.92. The molecule has 1 amide bonds. The van der Waals surface area contributed by atoms with Crippen molar-refractivity contribution in [1.29, 1.82) is 5.26 Å². The molecule has 0 aromatic carbocycles. The molecular formula is C14H23FN4O3S. The fourth-order valence-electron chi connectivity index (χ4n) is 3.03. The minimum Gasteiger partial charge on any atom is -0.322 e. The molecule has 2 aliphatic rings. The summed E-state index contributed by atoms with van der Waals surface area (Å²) in [4.78, 5) is 13.4. The van der Waals surface area contributed by atoms with Crippen molar-refractivity contribution in [3.8, 4) is 6.07 Å². The number of amides is 1. The number of sulfone groups is 1. The van der Waals surface area contributed by atoms with Gasteiger partial charge in [0.15, 0.2) is 9.84 Å². The number of hydrogen-bond donors (Lipinski definition) is 1. The highest BCUT2D eigenvalue weighted by atomic mass is 32.2. The van der Waals surface area contributed by atoms with Gasteiger partial charge in [-0.25, -0.2) is 23.2 Å². The zero-order valence-corrected chi connectivity index (χ0v) is 14.2. The molecular weight excluding hydrogens is 323 g/mol. The van der Waals surface area contributed by atoms with Gasteiger partial charge in [-0.15, -0.1) is 0 Å². The van der Waals surface area contributed by atoms with Crippen LogP contribution in [0.2, 0.25) is 0 Å². The van der Waals surface area contributed by atoms with Crippen LogP contribution in [-0.2, 0) is 14.6 Å². The Kier molecular flexibility index (Phi) is 5.60. The molecule has 2 rings (SSSR count). The Hall–Kier alpha value is -1.24. The van der Waals surface area contributed by atoms with Crippen molar-refractivity contribution in [3.05, 3.63) is 0 Å². The van der Waals surface area contributed by atoms with E-state index >= 15 is 0 Å². The summed E-state index contributed by atoms with van der Waals surface area (Å²) in [6, 6.07) is 1.19. The molecule has 2 fully saturated rings. The van der Waals surface area contributed by atoms with Crippen LogP contribution >= 0.6 is 0 Å². The van der Waals surface area contributed by atoms with Gasteiger partial charge in [-0.05, 0) is 26.7 Å². The fourth-order valence-corrected chi connectivity index (χ4v) is 4.68. The van der Waals surface area contributed by atoms with Crippen molar-refractivity contribution in [1.82, 2.24) is 15.3 Å². The molecule has 2 saturated heterocycles. The standard InChI is InChI=1S/C14H23FN4O3S/c1-10(2)23(21,22)14-4-3-5-19(14)17-8-13(20)18-9-11(15)6-12(18)7-16/h10-12,14,17H,3-6,8-9H2,1-2H3/t11-,12-,14+/m0/s1. The average Bonchev–Trinajstić information content (AvgIpc) is 3.10. The Morgan fingerprint density at radius 3 is 2.78 bits per heavy atom. The van der Waals surface area contributed by atoms with Gasteiger partial charge in [0.2, 0.25) is 5.91 Å². The second-order valence-electron chi connectivity index (χ2n) is 6.29. The lowest BCUT2D eigenvalue weighted by Crippen LogP contribution is -2.51. The number of halogens is 1. The van der Waals surface area contributed by atoms with Crippen molar-refractivity contribution in [2.45, 2.75) is 55.9 Å². The summed E-state index contributed by atoms with van der Waals surface area (Å²) in [5, 5.41) is 9.42. The van der Waals surface area contributed by atoms with Crippen LogP contribution in [0, 0.1) is 11.3 Å². The Morgan fingerprint density at radius 2 is 2.17 bits per heavy atom. The van der Waals surface area contributed by atoms with Crippen LogP contribution in [0.25, 0.3) is 0 Å². The van der Waals surface area contributed by atoms with Gasteiger partial charge in [0.05, 0.1) is 24.4 Å². The topological polar surface area (TPSA) is 93.5 Å². The molecule has 0 unspecified atom stereocenters. The maximum Gasteiger partial charge on any atom is 0.239 e. The van der Waals surface area contributed by atoms with E-state index in [1.165, 1.54) is 4.90 Å². The predicted molar refractivity (Wildman–Crippen MR) is 82.4 cm³/mol. The Balaban J connectivity index is 1.95. The van der Waals surface area contributed by atoms with Crippen molar-refractivity contribution < 1.29 is 17.6 Å². The van der Waals surface area contributed by atoms with E-state index in [9.17, 15) is 17.6 Å². The highest BCUT2D eigenvalue weighted by Crippen LogP contribution is 2.24. The third-order valence-corrected chi connectivity index (χ3v) is 6.95. The number of hydrogen-bond acceptors (Lipinski definition) is 6. The molecule has 0 bridgehead atoms. The fraction of sp³-hybridized carbons (Fsp3) is 0.857. The number of nitrogens with zero attached hydrogens (tertiary/aromatic N) is 3. The average molecular weight is 346 g/mol. The first kappa shape index (κ1) is 18.1. The molecule has 0 spiro atoms. The Labute approximate surface area is 136 Å². The van der Waals surface area contributed by atoms with Crippen molar-refractivity contribution in [2.24, 2.45) is 0 Å². The summed E-state index contributed by atoms with van der Waals surface area (Å²) >= 11 is 0. The second-order valence-corrected chi connectivity index (χ2v) is 8.95. The number of carbonyl (C=O) groups excluding carboxylic acids is 1. The lowest BCUT2D eigenvalue weighted by molar-refractivity contribution is -0.131. The number of rotatable bonds is 5. The predicted octanol–water partition coefficient (Wildman–Crippen LogP) is 0.199. The number of likely N-dealkylation sites (tertiary alicyclic amines) is 1. The molecule has 7 nitrogen and oxygen atoms in total. The van der Waals surface area contributed by atoms with E-state index in [-0.39, 0.29) is 25.4 Å².